The van der Waals surface area contributed by atoms with Gasteiger partial charge in [0.1, 0.15) is 38.6 Å². The van der Waals surface area contributed by atoms with Crippen LogP contribution in [-0.2, 0) is 38.8 Å². The summed E-state index contributed by atoms with van der Waals surface area (Å²) in [6.07, 6.45) is -3.31. The van der Waals surface area contributed by atoms with Crippen molar-refractivity contribution in [3.05, 3.63) is 108 Å². The molecule has 5 nitrogen and oxygen atoms in total. The molecule has 200 valence electrons. The predicted octanol–water partition coefficient (Wildman–Crippen LogP) is 5.38. The van der Waals surface area contributed by atoms with E-state index in [1.165, 1.54) is 0 Å². The molecular weight excluding hydrogens is 492 g/mol. The molecule has 0 saturated carbocycles. The molecule has 1 aliphatic heterocycles. The van der Waals surface area contributed by atoms with Gasteiger partial charge in [-0.25, -0.2) is 0 Å². The fourth-order valence-electron chi connectivity index (χ4n) is 4.24. The van der Waals surface area contributed by atoms with Crippen molar-refractivity contribution in [3.8, 4) is 11.5 Å². The van der Waals surface area contributed by atoms with Crippen molar-refractivity contribution in [3.63, 3.8) is 0 Å². The molecule has 1 N–H and O–H groups in total. The van der Waals surface area contributed by atoms with Crippen LogP contribution in [0.15, 0.2) is 91.0 Å². The van der Waals surface area contributed by atoms with Gasteiger partial charge in [-0.3, -0.25) is 0 Å². The molecule has 4 rings (SSSR count). The monoisotopic (exact) mass is 530 g/mol. The molecule has 38 heavy (non-hydrogen) atoms. The molecule has 0 aliphatic carbocycles. The molecule has 1 heterocycles. The zero-order chi connectivity index (χ0) is 26.8. The number of hydrogen-bond donors (Lipinski definition) is 1. The van der Waals surface area contributed by atoms with E-state index in [1.54, 1.807) is 0 Å². The summed E-state index contributed by atoms with van der Waals surface area (Å²) in [5.74, 6) is 3.35. The maximum atomic E-state index is 11.5. The Morgan fingerprint density at radius 2 is 1.18 bits per heavy atom. The number of rotatable bonds is 10. The fourth-order valence-corrected chi connectivity index (χ4v) is 4.82. The molecule has 3 aromatic carbocycles. The number of ether oxygens (including phenoxy) is 4. The highest BCUT2D eigenvalue weighted by Gasteiger charge is 2.46. The Labute approximate surface area is 227 Å². The first-order valence-electron chi connectivity index (χ1n) is 13.2. The van der Waals surface area contributed by atoms with Gasteiger partial charge < -0.3 is 24.1 Å². The third-order valence-electron chi connectivity index (χ3n) is 6.21. The van der Waals surface area contributed by atoms with Crippen LogP contribution >= 0.6 is 0 Å². The van der Waals surface area contributed by atoms with Crippen LogP contribution in [0.4, 0.5) is 0 Å². The zero-order valence-corrected chi connectivity index (χ0v) is 23.5. The van der Waals surface area contributed by atoms with Crippen molar-refractivity contribution in [1.82, 2.24) is 0 Å². The summed E-state index contributed by atoms with van der Waals surface area (Å²) in [5, 5.41) is 11.5. The average molecular weight is 531 g/mol. The van der Waals surface area contributed by atoms with Crippen molar-refractivity contribution >= 4 is 8.07 Å². The lowest BCUT2D eigenvalue weighted by atomic mass is 9.94. The lowest BCUT2D eigenvalue weighted by molar-refractivity contribution is -0.248. The van der Waals surface area contributed by atoms with Crippen LogP contribution in [0, 0.1) is 11.5 Å². The van der Waals surface area contributed by atoms with E-state index in [4.69, 9.17) is 18.9 Å². The fraction of sp³-hybridized carbons (Fsp3) is 0.375. The second kappa shape index (κ2) is 13.9. The van der Waals surface area contributed by atoms with Crippen molar-refractivity contribution in [2.24, 2.45) is 0 Å². The van der Waals surface area contributed by atoms with Crippen molar-refractivity contribution in [2.45, 2.75) is 70.0 Å². The Morgan fingerprint density at radius 3 is 1.68 bits per heavy atom. The number of aliphatic hydroxyl groups excluding tert-OH is 1. The van der Waals surface area contributed by atoms with Crippen LogP contribution in [0.1, 0.15) is 16.7 Å². The molecule has 0 amide bonds. The van der Waals surface area contributed by atoms with Crippen LogP contribution in [-0.4, -0.2) is 50.3 Å². The van der Waals surface area contributed by atoms with E-state index in [-0.39, 0.29) is 6.61 Å². The topological polar surface area (TPSA) is 57.2 Å². The normalized spacial score (nSPS) is 23.4. The van der Waals surface area contributed by atoms with Crippen LogP contribution < -0.4 is 0 Å². The first-order chi connectivity index (χ1) is 18.4. The predicted molar refractivity (Wildman–Crippen MR) is 152 cm³/mol. The van der Waals surface area contributed by atoms with Gasteiger partial charge in [-0.15, -0.1) is 5.54 Å². The molecule has 3 aromatic rings. The summed E-state index contributed by atoms with van der Waals surface area (Å²) in [6.45, 7) is 7.95. The molecular formula is C32H38O5Si. The minimum atomic E-state index is -1.69. The highest BCUT2D eigenvalue weighted by Crippen LogP contribution is 2.28. The zero-order valence-electron chi connectivity index (χ0n) is 22.5. The third kappa shape index (κ3) is 8.64. The minimum Gasteiger partial charge on any atom is -0.387 e. The second-order valence-electron chi connectivity index (χ2n) is 10.6. The van der Waals surface area contributed by atoms with E-state index < -0.39 is 38.6 Å². The number of hydrogen-bond acceptors (Lipinski definition) is 5. The average Bonchev–Trinajstić information content (AvgIpc) is 2.93. The molecule has 1 aliphatic rings. The van der Waals surface area contributed by atoms with Gasteiger partial charge in [0, 0.05) is 0 Å². The quantitative estimate of drug-likeness (QED) is 0.282. The Hall–Kier alpha value is -2.76. The largest absolute Gasteiger partial charge is 0.387 e. The Kier molecular flexibility index (Phi) is 10.3. The van der Waals surface area contributed by atoms with E-state index in [2.05, 4.69) is 31.1 Å². The van der Waals surface area contributed by atoms with E-state index in [9.17, 15) is 5.11 Å². The highest BCUT2D eigenvalue weighted by molar-refractivity contribution is 6.83. The summed E-state index contributed by atoms with van der Waals surface area (Å²) in [5.41, 5.74) is 6.56. The first kappa shape index (κ1) is 28.3. The van der Waals surface area contributed by atoms with Gasteiger partial charge >= 0.3 is 0 Å². The Morgan fingerprint density at radius 1 is 0.711 bits per heavy atom. The van der Waals surface area contributed by atoms with E-state index in [0.29, 0.717) is 19.8 Å². The van der Waals surface area contributed by atoms with Gasteiger partial charge in [0.15, 0.2) is 0 Å². The molecule has 5 atom stereocenters. The summed E-state index contributed by atoms with van der Waals surface area (Å²) in [6, 6.07) is 29.9. The standard InChI is InChI=1S/C32H38O5Si/c1-38(2,3)20-19-28-31(35-22-26-15-9-5-10-16-26)32(36-23-27-17-11-6-12-18-27)30(33)29(37-28)24-34-21-25-13-7-4-8-14-25/h4-18,28-33H,21-24H2,1-3H3/t28-,29-,30-,31+,32+/m1/s1. The lowest BCUT2D eigenvalue weighted by Crippen LogP contribution is -2.60. The van der Waals surface area contributed by atoms with Crippen LogP contribution in [0.25, 0.3) is 0 Å². The maximum Gasteiger partial charge on any atom is 0.146 e. The highest BCUT2D eigenvalue weighted by atomic mass is 28.3. The molecule has 1 fully saturated rings. The van der Waals surface area contributed by atoms with Crippen molar-refractivity contribution < 1.29 is 24.1 Å². The Bertz CT molecular complexity index is 1150. The molecule has 0 bridgehead atoms. The summed E-state index contributed by atoms with van der Waals surface area (Å²) >= 11 is 0. The third-order valence-corrected chi connectivity index (χ3v) is 7.11. The second-order valence-corrected chi connectivity index (χ2v) is 15.4. The van der Waals surface area contributed by atoms with E-state index in [1.807, 2.05) is 91.0 Å². The Balaban J connectivity index is 1.55. The molecule has 1 saturated heterocycles. The lowest BCUT2D eigenvalue weighted by Gasteiger charge is -2.43. The van der Waals surface area contributed by atoms with Gasteiger partial charge in [-0.2, -0.15) is 0 Å². The van der Waals surface area contributed by atoms with Gasteiger partial charge in [0.05, 0.1) is 26.4 Å². The summed E-state index contributed by atoms with van der Waals surface area (Å²) < 4.78 is 25.1. The summed E-state index contributed by atoms with van der Waals surface area (Å²) in [4.78, 5) is 0. The van der Waals surface area contributed by atoms with Gasteiger partial charge in [0.25, 0.3) is 0 Å². The molecule has 0 radical (unpaired) electrons. The molecule has 0 unspecified atom stereocenters. The van der Waals surface area contributed by atoms with Crippen molar-refractivity contribution in [1.29, 1.82) is 0 Å². The van der Waals surface area contributed by atoms with Crippen molar-refractivity contribution in [2.75, 3.05) is 6.61 Å². The van der Waals surface area contributed by atoms with Gasteiger partial charge in [-0.1, -0.05) is 117 Å². The summed E-state index contributed by atoms with van der Waals surface area (Å²) in [7, 11) is -1.69. The maximum absolute atomic E-state index is 11.5. The molecule has 0 spiro atoms. The van der Waals surface area contributed by atoms with Crippen LogP contribution in [0.3, 0.4) is 0 Å². The smallest absolute Gasteiger partial charge is 0.146 e. The number of aliphatic hydroxyl groups is 1. The first-order valence-corrected chi connectivity index (χ1v) is 16.7. The SMILES string of the molecule is C[Si](C)(C)C#C[C@H]1O[C@H](COCc2ccccc2)[C@@H](O)[C@H](OCc2ccccc2)[C@H]1OCc1ccccc1. The number of benzene rings is 3. The molecule has 6 heteroatoms. The van der Waals surface area contributed by atoms with Crippen LogP contribution in [0.2, 0.25) is 19.6 Å². The molecule has 0 aromatic heterocycles. The van der Waals surface area contributed by atoms with E-state index in [0.717, 1.165) is 16.7 Å². The minimum absolute atomic E-state index is 0.220. The van der Waals surface area contributed by atoms with E-state index >= 15 is 0 Å². The van der Waals surface area contributed by atoms with Gasteiger partial charge in [0.2, 0.25) is 0 Å². The van der Waals surface area contributed by atoms with Gasteiger partial charge in [-0.05, 0) is 16.7 Å². The van der Waals surface area contributed by atoms with Crippen LogP contribution in [0.5, 0.6) is 0 Å².